The van der Waals surface area contributed by atoms with Gasteiger partial charge in [0.25, 0.3) is 11.8 Å². The SMILES string of the molecule is N#Cc1nc2nc3c4nc5nc(Oc6ccccc6)c(C#N)nc5nc4c4c(F)c(F)c(F)c(F)c4c3nc2nc1Oc1ccccc1. The highest BCUT2D eigenvalue weighted by Gasteiger charge is 2.29. The Morgan fingerprint density at radius 3 is 1.17 bits per heavy atom. The molecule has 0 saturated heterocycles. The molecule has 0 aliphatic rings. The fourth-order valence-corrected chi connectivity index (χ4v) is 4.98. The van der Waals surface area contributed by atoms with Crippen molar-refractivity contribution in [2.45, 2.75) is 0 Å². The van der Waals surface area contributed by atoms with Crippen LogP contribution in [-0.4, -0.2) is 39.9 Å². The van der Waals surface area contributed by atoms with Crippen LogP contribution in [0.25, 0.3) is 55.4 Å². The Hall–Kier alpha value is -7.20. The van der Waals surface area contributed by atoms with Gasteiger partial charge in [0.15, 0.2) is 34.6 Å². The van der Waals surface area contributed by atoms with E-state index in [0.29, 0.717) is 11.5 Å². The number of ether oxygens (including phenoxy) is 2. The van der Waals surface area contributed by atoms with Crippen molar-refractivity contribution >= 4 is 55.4 Å². The zero-order valence-corrected chi connectivity index (χ0v) is 23.6. The van der Waals surface area contributed by atoms with E-state index >= 15 is 8.78 Å². The number of rotatable bonds is 4. The van der Waals surface area contributed by atoms with Crippen molar-refractivity contribution in [3.63, 3.8) is 0 Å². The van der Waals surface area contributed by atoms with Gasteiger partial charge in [0.05, 0.1) is 10.8 Å². The number of fused-ring (bicyclic) bond motifs is 8. The Kier molecular flexibility index (Phi) is 6.31. The summed E-state index contributed by atoms with van der Waals surface area (Å²) in [5.41, 5.74) is -3.29. The maximum Gasteiger partial charge on any atom is 0.258 e. The molecule has 0 fully saturated rings. The molecule has 0 radical (unpaired) electrons. The maximum atomic E-state index is 15.6. The summed E-state index contributed by atoms with van der Waals surface area (Å²) in [5, 5.41) is 17.9. The van der Waals surface area contributed by atoms with Crippen molar-refractivity contribution in [1.82, 2.24) is 39.9 Å². The minimum absolute atomic E-state index is 0.228. The van der Waals surface area contributed by atoms with Crippen LogP contribution in [0.15, 0.2) is 60.7 Å². The lowest BCUT2D eigenvalue weighted by Crippen LogP contribution is -2.06. The molecule has 4 aromatic carbocycles. The van der Waals surface area contributed by atoms with Crippen molar-refractivity contribution < 1.29 is 27.0 Å². The van der Waals surface area contributed by atoms with Gasteiger partial charge in [-0.25, -0.2) is 47.5 Å². The van der Waals surface area contributed by atoms with Crippen LogP contribution >= 0.6 is 0 Å². The van der Waals surface area contributed by atoms with E-state index in [1.165, 1.54) is 0 Å². The van der Waals surface area contributed by atoms with E-state index in [-0.39, 0.29) is 56.8 Å². The summed E-state index contributed by atoms with van der Waals surface area (Å²) in [6.45, 7) is 0. The van der Waals surface area contributed by atoms with Gasteiger partial charge in [-0.1, -0.05) is 36.4 Å². The third-order valence-corrected chi connectivity index (χ3v) is 7.07. The predicted octanol–water partition coefficient (Wildman–Crippen LogP) is 6.50. The first kappa shape index (κ1) is 28.3. The summed E-state index contributed by atoms with van der Waals surface area (Å²) in [4.78, 5) is 34.1. The van der Waals surface area contributed by atoms with E-state index in [1.54, 1.807) is 60.7 Å². The molecule has 0 amide bonds. The fourth-order valence-electron chi connectivity index (χ4n) is 4.98. The Morgan fingerprint density at radius 2 is 0.792 bits per heavy atom. The second-order valence-electron chi connectivity index (χ2n) is 9.95. The van der Waals surface area contributed by atoms with Crippen molar-refractivity contribution in [2.75, 3.05) is 0 Å². The maximum absolute atomic E-state index is 15.6. The Bertz CT molecular complexity index is 2760. The minimum atomic E-state index is -2.11. The second kappa shape index (κ2) is 10.7. The monoisotopic (exact) mass is 642 g/mol. The quantitative estimate of drug-likeness (QED) is 0.0673. The molecule has 4 heterocycles. The third-order valence-electron chi connectivity index (χ3n) is 7.07. The molecule has 0 atom stereocenters. The Labute approximate surface area is 263 Å². The molecule has 48 heavy (non-hydrogen) atoms. The zero-order chi connectivity index (χ0) is 33.1. The molecule has 8 aromatic rings. The van der Waals surface area contributed by atoms with E-state index in [0.717, 1.165) is 0 Å². The minimum Gasteiger partial charge on any atom is -0.436 e. The number of hydrogen-bond donors (Lipinski definition) is 0. The average molecular weight is 642 g/mol. The number of halogens is 4. The van der Waals surface area contributed by atoms with Gasteiger partial charge in [-0.3, -0.25) is 0 Å². The summed E-state index contributed by atoms with van der Waals surface area (Å²) in [6.07, 6.45) is 0. The highest BCUT2D eigenvalue weighted by atomic mass is 19.2. The van der Waals surface area contributed by atoms with E-state index < -0.39 is 45.1 Å². The molecule has 0 saturated carbocycles. The molecule has 228 valence electrons. The molecule has 0 bridgehead atoms. The van der Waals surface area contributed by atoms with Gasteiger partial charge in [0, 0.05) is 0 Å². The van der Waals surface area contributed by atoms with Gasteiger partial charge >= 0.3 is 0 Å². The summed E-state index contributed by atoms with van der Waals surface area (Å²) in [6, 6.07) is 20.3. The summed E-state index contributed by atoms with van der Waals surface area (Å²) in [5.74, 6) is -7.69. The normalized spacial score (nSPS) is 11.3. The first-order valence-corrected chi connectivity index (χ1v) is 13.7. The van der Waals surface area contributed by atoms with Crippen LogP contribution in [-0.2, 0) is 0 Å². The molecule has 16 heteroatoms. The molecular weight excluding hydrogens is 632 g/mol. The lowest BCUT2D eigenvalue weighted by atomic mass is 10.0. The molecule has 8 rings (SSSR count). The van der Waals surface area contributed by atoms with Crippen molar-refractivity contribution in [3.8, 4) is 35.4 Å². The van der Waals surface area contributed by atoms with Crippen LogP contribution in [0.5, 0.6) is 23.3 Å². The van der Waals surface area contributed by atoms with Gasteiger partial charge in [-0.05, 0) is 24.3 Å². The highest BCUT2D eigenvalue weighted by Crippen LogP contribution is 2.38. The number of aromatic nitrogens is 8. The van der Waals surface area contributed by atoms with E-state index in [1.807, 2.05) is 12.1 Å². The number of nitrogens with zero attached hydrogens (tertiary/aromatic N) is 10. The van der Waals surface area contributed by atoms with Crippen LogP contribution in [0, 0.1) is 45.9 Å². The molecule has 0 aliphatic carbocycles. The van der Waals surface area contributed by atoms with E-state index in [4.69, 9.17) is 9.47 Å². The number of nitriles is 2. The average Bonchev–Trinajstić information content (AvgIpc) is 3.11. The molecule has 0 unspecified atom stereocenters. The van der Waals surface area contributed by atoms with Crippen LogP contribution < -0.4 is 9.47 Å². The number of benzene rings is 4. The second-order valence-corrected chi connectivity index (χ2v) is 9.95. The number of hydrogen-bond acceptors (Lipinski definition) is 12. The molecule has 12 nitrogen and oxygen atoms in total. The number of para-hydroxylation sites is 2. The zero-order valence-electron chi connectivity index (χ0n) is 23.6. The van der Waals surface area contributed by atoms with Gasteiger partial charge in [-0.15, -0.1) is 0 Å². The standard InChI is InChI=1S/C32H10F4N10O2/c33-19-17-18(20(34)22(36)21(19)35)24-25(43-28-29(42-24)45-31(16(12-38)40-28)47-13-7-3-1-4-8-13)26-23(17)41-27-30(44-26)46-32(15(11-37)39-27)48-14-9-5-2-6-10-14/h1-10H. The fraction of sp³-hybridized carbons (Fsp3) is 0. The molecule has 4 aromatic heterocycles. The van der Waals surface area contributed by atoms with Crippen LogP contribution in [0.4, 0.5) is 17.6 Å². The van der Waals surface area contributed by atoms with Crippen molar-refractivity contribution in [3.05, 3.63) is 95.3 Å². The lowest BCUT2D eigenvalue weighted by Gasteiger charge is -2.13. The van der Waals surface area contributed by atoms with Gasteiger partial charge < -0.3 is 9.47 Å². The van der Waals surface area contributed by atoms with Gasteiger partial charge in [-0.2, -0.15) is 20.5 Å². The van der Waals surface area contributed by atoms with Crippen LogP contribution in [0.3, 0.4) is 0 Å². The van der Waals surface area contributed by atoms with Crippen molar-refractivity contribution in [1.29, 1.82) is 10.5 Å². The Morgan fingerprint density at radius 1 is 0.438 bits per heavy atom. The van der Waals surface area contributed by atoms with E-state index in [2.05, 4.69) is 39.9 Å². The van der Waals surface area contributed by atoms with Gasteiger partial charge in [0.1, 0.15) is 45.7 Å². The topological polar surface area (TPSA) is 169 Å². The molecular formula is C32H10F4N10O2. The Balaban J connectivity index is 1.47. The molecule has 0 aliphatic heterocycles. The summed E-state index contributed by atoms with van der Waals surface area (Å²) < 4.78 is 72.0. The summed E-state index contributed by atoms with van der Waals surface area (Å²) in [7, 11) is 0. The first-order chi connectivity index (χ1) is 23.3. The molecule has 0 spiro atoms. The highest BCUT2D eigenvalue weighted by molar-refractivity contribution is 6.22. The largest absolute Gasteiger partial charge is 0.436 e. The lowest BCUT2D eigenvalue weighted by molar-refractivity contribution is 0.418. The van der Waals surface area contributed by atoms with Crippen molar-refractivity contribution in [2.24, 2.45) is 0 Å². The smallest absolute Gasteiger partial charge is 0.258 e. The predicted molar refractivity (Wildman–Crippen MR) is 159 cm³/mol. The third kappa shape index (κ3) is 4.36. The van der Waals surface area contributed by atoms with E-state index in [9.17, 15) is 19.3 Å². The van der Waals surface area contributed by atoms with Crippen LogP contribution in [0.2, 0.25) is 0 Å². The first-order valence-electron chi connectivity index (χ1n) is 13.7. The van der Waals surface area contributed by atoms with Gasteiger partial charge in [0.2, 0.25) is 22.7 Å². The molecule has 0 N–H and O–H groups in total. The summed E-state index contributed by atoms with van der Waals surface area (Å²) >= 11 is 0. The van der Waals surface area contributed by atoms with Crippen LogP contribution in [0.1, 0.15) is 11.4 Å².